The molecule has 0 bridgehead atoms. The van der Waals surface area contributed by atoms with E-state index in [2.05, 4.69) is 0 Å². The summed E-state index contributed by atoms with van der Waals surface area (Å²) in [6.45, 7) is 8.70. The van der Waals surface area contributed by atoms with Crippen molar-refractivity contribution in [2.45, 2.75) is 58.3 Å². The molecule has 6 heteroatoms. The van der Waals surface area contributed by atoms with E-state index in [9.17, 15) is 9.59 Å². The van der Waals surface area contributed by atoms with E-state index in [1.165, 1.54) is 0 Å². The molecular formula is C15H25NO5. The van der Waals surface area contributed by atoms with Crippen molar-refractivity contribution in [2.75, 3.05) is 19.8 Å². The number of carbonyl (C=O) groups excluding carboxylic acids is 2. The molecule has 0 N–H and O–H groups in total. The third-order valence-electron chi connectivity index (χ3n) is 3.78. The maximum atomic E-state index is 12.3. The van der Waals surface area contributed by atoms with Gasteiger partial charge >= 0.3 is 12.1 Å². The molecule has 6 nitrogen and oxygen atoms in total. The van der Waals surface area contributed by atoms with Crippen LogP contribution in [0.1, 0.15) is 40.5 Å². The Morgan fingerprint density at radius 3 is 2.62 bits per heavy atom. The number of ether oxygens (including phenoxy) is 3. The number of rotatable bonds is 2. The molecule has 0 unspecified atom stereocenters. The van der Waals surface area contributed by atoms with Crippen molar-refractivity contribution in [3.05, 3.63) is 0 Å². The molecule has 1 saturated heterocycles. The molecule has 1 aliphatic carbocycles. The van der Waals surface area contributed by atoms with Crippen LogP contribution in [0.5, 0.6) is 0 Å². The minimum absolute atomic E-state index is 0.0944. The van der Waals surface area contributed by atoms with Crippen molar-refractivity contribution in [3.63, 3.8) is 0 Å². The van der Waals surface area contributed by atoms with Crippen molar-refractivity contribution in [2.24, 2.45) is 5.92 Å². The van der Waals surface area contributed by atoms with Crippen molar-refractivity contribution < 1.29 is 23.8 Å². The van der Waals surface area contributed by atoms with Crippen molar-refractivity contribution in [1.29, 1.82) is 0 Å². The molecule has 2 rings (SSSR count). The molecule has 1 amide bonds. The number of hydrogen-bond donors (Lipinski definition) is 0. The molecule has 0 aromatic heterocycles. The highest BCUT2D eigenvalue weighted by atomic mass is 16.6. The summed E-state index contributed by atoms with van der Waals surface area (Å²) < 4.78 is 16.2. The van der Waals surface area contributed by atoms with Crippen LogP contribution in [-0.2, 0) is 19.0 Å². The van der Waals surface area contributed by atoms with Gasteiger partial charge in [0.25, 0.3) is 0 Å². The van der Waals surface area contributed by atoms with Crippen LogP contribution in [0.3, 0.4) is 0 Å². The summed E-state index contributed by atoms with van der Waals surface area (Å²) in [5.41, 5.74) is -0.524. The lowest BCUT2D eigenvalue weighted by molar-refractivity contribution is -0.148. The van der Waals surface area contributed by atoms with Gasteiger partial charge in [0, 0.05) is 6.54 Å². The molecule has 0 radical (unpaired) electrons. The lowest BCUT2D eigenvalue weighted by Gasteiger charge is -2.38. The summed E-state index contributed by atoms with van der Waals surface area (Å²) >= 11 is 0. The van der Waals surface area contributed by atoms with E-state index in [0.29, 0.717) is 32.6 Å². The Bertz CT molecular complexity index is 403. The maximum Gasteiger partial charge on any atom is 0.410 e. The van der Waals surface area contributed by atoms with E-state index in [0.717, 1.165) is 0 Å². The van der Waals surface area contributed by atoms with Crippen molar-refractivity contribution in [3.8, 4) is 0 Å². The first kappa shape index (κ1) is 16.1. The van der Waals surface area contributed by atoms with Gasteiger partial charge < -0.3 is 19.1 Å². The summed E-state index contributed by atoms with van der Waals surface area (Å²) in [6.07, 6.45) is 0.775. The third-order valence-corrected chi connectivity index (χ3v) is 3.78. The van der Waals surface area contributed by atoms with E-state index in [4.69, 9.17) is 14.2 Å². The Balaban J connectivity index is 2.02. The van der Waals surface area contributed by atoms with Crippen molar-refractivity contribution >= 4 is 12.1 Å². The summed E-state index contributed by atoms with van der Waals surface area (Å²) in [6, 6.07) is -0.0944. The van der Waals surface area contributed by atoms with Gasteiger partial charge in [0.15, 0.2) is 0 Å². The Morgan fingerprint density at radius 1 is 1.29 bits per heavy atom. The fourth-order valence-electron chi connectivity index (χ4n) is 2.95. The van der Waals surface area contributed by atoms with Gasteiger partial charge in [-0.2, -0.15) is 0 Å². The second-order valence-electron chi connectivity index (χ2n) is 6.57. The number of fused-ring (bicyclic) bond motifs is 1. The Hall–Kier alpha value is -1.30. The van der Waals surface area contributed by atoms with Crippen LogP contribution in [0.4, 0.5) is 4.79 Å². The molecule has 120 valence electrons. The Kier molecular flexibility index (Phi) is 4.76. The maximum absolute atomic E-state index is 12.3. The summed E-state index contributed by atoms with van der Waals surface area (Å²) in [4.78, 5) is 25.9. The molecule has 0 spiro atoms. The molecule has 0 aromatic carbocycles. The van der Waals surface area contributed by atoms with Crippen LogP contribution < -0.4 is 0 Å². The zero-order valence-corrected chi connectivity index (χ0v) is 13.3. The summed E-state index contributed by atoms with van der Waals surface area (Å²) in [5.74, 6) is -0.386. The lowest BCUT2D eigenvalue weighted by atomic mass is 10.1. The van der Waals surface area contributed by atoms with Gasteiger partial charge in [-0.05, 0) is 40.5 Å². The van der Waals surface area contributed by atoms with E-state index in [1.807, 2.05) is 20.8 Å². The summed E-state index contributed by atoms with van der Waals surface area (Å²) in [7, 11) is 0. The van der Waals surface area contributed by atoms with E-state index in [1.54, 1.807) is 11.8 Å². The molecule has 2 aliphatic rings. The SMILES string of the molecule is CCOC(=O)[C@H]1C[C@@H]2OCCN(C(=O)OC(C)(C)C)[C@H]2C1. The lowest BCUT2D eigenvalue weighted by Crippen LogP contribution is -2.52. The van der Waals surface area contributed by atoms with Crippen LogP contribution in [0.15, 0.2) is 0 Å². The largest absolute Gasteiger partial charge is 0.466 e. The smallest absolute Gasteiger partial charge is 0.410 e. The number of carbonyl (C=O) groups is 2. The minimum Gasteiger partial charge on any atom is -0.466 e. The number of amides is 1. The number of morpholine rings is 1. The highest BCUT2D eigenvalue weighted by Crippen LogP contribution is 2.35. The zero-order valence-electron chi connectivity index (χ0n) is 13.3. The minimum atomic E-state index is -0.524. The molecule has 1 saturated carbocycles. The quantitative estimate of drug-likeness (QED) is 0.729. The normalized spacial score (nSPS) is 29.0. The zero-order chi connectivity index (χ0) is 15.6. The average Bonchev–Trinajstić information content (AvgIpc) is 2.80. The van der Waals surface area contributed by atoms with Crippen LogP contribution in [0.25, 0.3) is 0 Å². The molecule has 1 aliphatic heterocycles. The van der Waals surface area contributed by atoms with E-state index < -0.39 is 5.60 Å². The first-order chi connectivity index (χ1) is 9.81. The van der Waals surface area contributed by atoms with Gasteiger partial charge in [-0.1, -0.05) is 0 Å². The Labute approximate surface area is 125 Å². The van der Waals surface area contributed by atoms with Gasteiger partial charge in [0.1, 0.15) is 5.60 Å². The summed E-state index contributed by atoms with van der Waals surface area (Å²) in [5, 5.41) is 0. The average molecular weight is 299 g/mol. The van der Waals surface area contributed by atoms with E-state index >= 15 is 0 Å². The Morgan fingerprint density at radius 2 is 2.00 bits per heavy atom. The van der Waals surface area contributed by atoms with Crippen LogP contribution in [-0.4, -0.2) is 54.5 Å². The van der Waals surface area contributed by atoms with Gasteiger partial charge in [-0.25, -0.2) is 4.79 Å². The third kappa shape index (κ3) is 3.87. The van der Waals surface area contributed by atoms with Crippen LogP contribution in [0.2, 0.25) is 0 Å². The number of hydrogen-bond acceptors (Lipinski definition) is 5. The topological polar surface area (TPSA) is 65.1 Å². The van der Waals surface area contributed by atoms with Crippen LogP contribution >= 0.6 is 0 Å². The second kappa shape index (κ2) is 6.22. The highest BCUT2D eigenvalue weighted by Gasteiger charge is 2.46. The highest BCUT2D eigenvalue weighted by molar-refractivity contribution is 5.74. The molecule has 21 heavy (non-hydrogen) atoms. The molecule has 3 atom stereocenters. The van der Waals surface area contributed by atoms with Gasteiger partial charge in [0.2, 0.25) is 0 Å². The fraction of sp³-hybridized carbons (Fsp3) is 0.867. The molecular weight excluding hydrogens is 274 g/mol. The monoisotopic (exact) mass is 299 g/mol. The number of nitrogens with zero attached hydrogens (tertiary/aromatic N) is 1. The predicted octanol–water partition coefficient (Wildman–Crippen LogP) is 1.96. The first-order valence-electron chi connectivity index (χ1n) is 7.59. The van der Waals surface area contributed by atoms with Gasteiger partial charge in [0.05, 0.1) is 31.3 Å². The standard InChI is InChI=1S/C15H25NO5/c1-5-19-13(17)10-8-11-12(9-10)20-7-6-16(11)14(18)21-15(2,3)4/h10-12H,5-9H2,1-4H3/t10-,11+,12+/m1/s1. The first-order valence-corrected chi connectivity index (χ1v) is 7.59. The van der Waals surface area contributed by atoms with Crippen LogP contribution in [0, 0.1) is 5.92 Å². The molecule has 2 fully saturated rings. The second-order valence-corrected chi connectivity index (χ2v) is 6.57. The molecule has 1 heterocycles. The van der Waals surface area contributed by atoms with Gasteiger partial charge in [-0.3, -0.25) is 4.79 Å². The van der Waals surface area contributed by atoms with E-state index in [-0.39, 0.29) is 30.1 Å². The predicted molar refractivity (Wildman–Crippen MR) is 75.8 cm³/mol. The molecule has 0 aromatic rings. The van der Waals surface area contributed by atoms with Gasteiger partial charge in [-0.15, -0.1) is 0 Å². The van der Waals surface area contributed by atoms with Crippen molar-refractivity contribution in [1.82, 2.24) is 4.90 Å². The fourth-order valence-corrected chi connectivity index (χ4v) is 2.95. The number of esters is 1.